The molecule has 3 rings (SSSR count). The maximum atomic E-state index is 12.8. The number of alkyl halides is 3. The number of carbonyl (C=O) groups is 1. The molecule has 7 heteroatoms. The Balaban J connectivity index is 2.06. The van der Waals surface area contributed by atoms with Gasteiger partial charge in [0.2, 0.25) is 0 Å². The maximum Gasteiger partial charge on any atom is 0.416 e. The van der Waals surface area contributed by atoms with Gasteiger partial charge in [-0.1, -0.05) is 0 Å². The molecule has 1 aromatic rings. The Hall–Kier alpha value is -1.76. The highest BCUT2D eigenvalue weighted by Gasteiger charge is 2.36. The standard InChI is InChI=1S/C13H14F3N3O/c14-13(15,16)8-1-2-9-10(7-8)19-6-5-17-4-3-11(19)18-12(9)20/h1-2,7,11,17H,3-6H2,(H,18,20)/t11-/m1/s1. The summed E-state index contributed by atoms with van der Waals surface area (Å²) in [6.07, 6.45) is -3.97. The van der Waals surface area contributed by atoms with Crippen LogP contribution in [0, 0.1) is 0 Å². The van der Waals surface area contributed by atoms with Gasteiger partial charge in [-0.15, -0.1) is 0 Å². The number of carbonyl (C=O) groups excluding carboxylic acids is 1. The number of hydrogen-bond acceptors (Lipinski definition) is 3. The molecule has 1 amide bonds. The van der Waals surface area contributed by atoms with Gasteiger partial charge >= 0.3 is 6.18 Å². The second kappa shape index (κ2) is 4.66. The lowest BCUT2D eigenvalue weighted by Gasteiger charge is -2.37. The van der Waals surface area contributed by atoms with Gasteiger partial charge in [0.25, 0.3) is 5.91 Å². The van der Waals surface area contributed by atoms with E-state index in [1.54, 1.807) is 0 Å². The van der Waals surface area contributed by atoms with Crippen molar-refractivity contribution in [3.8, 4) is 0 Å². The molecule has 2 aliphatic rings. The minimum Gasteiger partial charge on any atom is -0.349 e. The van der Waals surface area contributed by atoms with Crippen LogP contribution >= 0.6 is 0 Å². The number of nitrogens with zero attached hydrogens (tertiary/aromatic N) is 1. The second-order valence-corrected chi connectivity index (χ2v) is 4.95. The highest BCUT2D eigenvalue weighted by Crippen LogP contribution is 2.35. The lowest BCUT2D eigenvalue weighted by Crippen LogP contribution is -2.53. The normalized spacial score (nSPS) is 22.6. The monoisotopic (exact) mass is 285 g/mol. The Morgan fingerprint density at radius 3 is 2.80 bits per heavy atom. The quantitative estimate of drug-likeness (QED) is 0.760. The molecule has 108 valence electrons. The minimum atomic E-state index is -4.40. The fourth-order valence-electron chi connectivity index (χ4n) is 2.68. The first-order valence-corrected chi connectivity index (χ1v) is 6.46. The van der Waals surface area contributed by atoms with E-state index in [-0.39, 0.29) is 12.1 Å². The first-order valence-electron chi connectivity index (χ1n) is 6.46. The summed E-state index contributed by atoms with van der Waals surface area (Å²) in [6, 6.07) is 3.28. The number of amides is 1. The van der Waals surface area contributed by atoms with Gasteiger partial charge in [0.05, 0.1) is 16.8 Å². The summed E-state index contributed by atoms with van der Waals surface area (Å²) in [6.45, 7) is 1.98. The summed E-state index contributed by atoms with van der Waals surface area (Å²) in [5.41, 5.74) is -0.0460. The van der Waals surface area contributed by atoms with E-state index in [1.165, 1.54) is 6.07 Å². The van der Waals surface area contributed by atoms with Gasteiger partial charge in [-0.25, -0.2) is 0 Å². The molecule has 2 heterocycles. The third kappa shape index (κ3) is 2.22. The third-order valence-electron chi connectivity index (χ3n) is 3.68. The van der Waals surface area contributed by atoms with Crippen LogP contribution in [0.2, 0.25) is 0 Å². The van der Waals surface area contributed by atoms with Crippen LogP contribution in [-0.4, -0.2) is 31.7 Å². The molecule has 4 nitrogen and oxygen atoms in total. The van der Waals surface area contributed by atoms with E-state index in [1.807, 2.05) is 4.90 Å². The van der Waals surface area contributed by atoms with Crippen LogP contribution in [0.5, 0.6) is 0 Å². The predicted molar refractivity (Wildman–Crippen MR) is 67.5 cm³/mol. The van der Waals surface area contributed by atoms with Crippen molar-refractivity contribution in [2.24, 2.45) is 0 Å². The van der Waals surface area contributed by atoms with Gasteiger partial charge in [-0.3, -0.25) is 4.79 Å². The van der Waals surface area contributed by atoms with Crippen molar-refractivity contribution in [3.05, 3.63) is 29.3 Å². The van der Waals surface area contributed by atoms with Gasteiger partial charge in [-0.05, 0) is 31.2 Å². The average molecular weight is 285 g/mol. The fourth-order valence-corrected chi connectivity index (χ4v) is 2.68. The van der Waals surface area contributed by atoms with Crippen molar-refractivity contribution in [1.29, 1.82) is 0 Å². The number of hydrogen-bond donors (Lipinski definition) is 2. The van der Waals surface area contributed by atoms with E-state index >= 15 is 0 Å². The van der Waals surface area contributed by atoms with Crippen molar-refractivity contribution in [2.75, 3.05) is 24.5 Å². The van der Waals surface area contributed by atoms with Crippen LogP contribution in [0.3, 0.4) is 0 Å². The Morgan fingerprint density at radius 1 is 1.25 bits per heavy atom. The van der Waals surface area contributed by atoms with Gasteiger partial charge in [0.15, 0.2) is 0 Å². The van der Waals surface area contributed by atoms with Crippen LogP contribution in [0.4, 0.5) is 18.9 Å². The zero-order chi connectivity index (χ0) is 14.3. The summed E-state index contributed by atoms with van der Waals surface area (Å²) >= 11 is 0. The molecule has 1 aromatic carbocycles. The van der Waals surface area contributed by atoms with Crippen LogP contribution in [0.1, 0.15) is 22.3 Å². The van der Waals surface area contributed by atoms with Gasteiger partial charge < -0.3 is 15.5 Å². The summed E-state index contributed by atoms with van der Waals surface area (Å²) in [5.74, 6) is -0.308. The highest BCUT2D eigenvalue weighted by atomic mass is 19.4. The van der Waals surface area contributed by atoms with Crippen molar-refractivity contribution in [1.82, 2.24) is 10.6 Å². The largest absolute Gasteiger partial charge is 0.416 e. The van der Waals surface area contributed by atoms with Crippen LogP contribution in [0.15, 0.2) is 18.2 Å². The zero-order valence-electron chi connectivity index (χ0n) is 10.6. The number of fused-ring (bicyclic) bond motifs is 3. The number of anilines is 1. The van der Waals surface area contributed by atoms with E-state index in [2.05, 4.69) is 10.6 Å². The SMILES string of the molecule is O=C1N[C@H]2CCNCCN2c2cc(C(F)(F)F)ccc21. The molecule has 0 radical (unpaired) electrons. The van der Waals surface area contributed by atoms with Gasteiger partial charge in [0.1, 0.15) is 6.17 Å². The average Bonchev–Trinajstić information content (AvgIpc) is 2.62. The molecule has 2 N–H and O–H groups in total. The summed E-state index contributed by atoms with van der Waals surface area (Å²) in [5, 5.41) is 6.02. The van der Waals surface area contributed by atoms with Gasteiger partial charge in [-0.2, -0.15) is 13.2 Å². The third-order valence-corrected chi connectivity index (χ3v) is 3.68. The molecular weight excluding hydrogens is 271 g/mol. The van der Waals surface area contributed by atoms with Crippen molar-refractivity contribution >= 4 is 11.6 Å². The Morgan fingerprint density at radius 2 is 2.05 bits per heavy atom. The van der Waals surface area contributed by atoms with E-state index in [0.717, 1.165) is 18.7 Å². The molecule has 0 spiro atoms. The molecule has 1 atom stereocenters. The minimum absolute atomic E-state index is 0.242. The molecule has 0 aliphatic carbocycles. The van der Waals surface area contributed by atoms with Crippen LogP contribution in [-0.2, 0) is 6.18 Å². The lowest BCUT2D eigenvalue weighted by atomic mass is 10.0. The number of benzene rings is 1. The molecule has 0 bridgehead atoms. The fraction of sp³-hybridized carbons (Fsp3) is 0.462. The summed E-state index contributed by atoms with van der Waals surface area (Å²) < 4.78 is 38.5. The molecule has 1 saturated heterocycles. The molecule has 2 aliphatic heterocycles. The molecular formula is C13H14F3N3O. The Labute approximate surface area is 113 Å². The topological polar surface area (TPSA) is 44.4 Å². The van der Waals surface area contributed by atoms with Crippen molar-refractivity contribution < 1.29 is 18.0 Å². The zero-order valence-corrected chi connectivity index (χ0v) is 10.6. The van der Waals surface area contributed by atoms with Crippen molar-refractivity contribution in [2.45, 2.75) is 18.8 Å². The van der Waals surface area contributed by atoms with E-state index in [0.29, 0.717) is 30.8 Å². The molecule has 20 heavy (non-hydrogen) atoms. The van der Waals surface area contributed by atoms with Crippen LogP contribution in [0.25, 0.3) is 0 Å². The summed E-state index contributed by atoms with van der Waals surface area (Å²) in [7, 11) is 0. The lowest BCUT2D eigenvalue weighted by molar-refractivity contribution is -0.137. The molecule has 0 aromatic heterocycles. The van der Waals surface area contributed by atoms with Crippen LogP contribution < -0.4 is 15.5 Å². The maximum absolute atomic E-state index is 12.8. The number of rotatable bonds is 0. The smallest absolute Gasteiger partial charge is 0.349 e. The first kappa shape index (κ1) is 13.2. The summed E-state index contributed by atoms with van der Waals surface area (Å²) in [4.78, 5) is 13.8. The van der Waals surface area contributed by atoms with Gasteiger partial charge in [0, 0.05) is 13.1 Å². The molecule has 1 fully saturated rings. The predicted octanol–water partition coefficient (Wildman–Crippen LogP) is 1.57. The second-order valence-electron chi connectivity index (χ2n) is 4.95. The molecule has 0 unspecified atom stereocenters. The first-order chi connectivity index (χ1) is 9.47. The molecule has 0 saturated carbocycles. The number of halogens is 3. The highest BCUT2D eigenvalue weighted by molar-refractivity contribution is 6.02. The van der Waals surface area contributed by atoms with E-state index < -0.39 is 11.7 Å². The van der Waals surface area contributed by atoms with E-state index in [9.17, 15) is 18.0 Å². The Bertz CT molecular complexity index is 544. The van der Waals surface area contributed by atoms with E-state index in [4.69, 9.17) is 0 Å². The number of nitrogens with one attached hydrogen (secondary N) is 2. The Kier molecular flexibility index (Phi) is 3.08. The van der Waals surface area contributed by atoms with Crippen molar-refractivity contribution in [3.63, 3.8) is 0 Å².